The van der Waals surface area contributed by atoms with E-state index in [2.05, 4.69) is 12.2 Å². The smallest absolute Gasteiger partial charge is 0.214 e. The van der Waals surface area contributed by atoms with Crippen molar-refractivity contribution in [1.29, 1.82) is 0 Å². The van der Waals surface area contributed by atoms with Crippen molar-refractivity contribution in [3.63, 3.8) is 0 Å². The third-order valence-corrected chi connectivity index (χ3v) is 6.04. The van der Waals surface area contributed by atoms with Gasteiger partial charge < -0.3 is 5.32 Å². The van der Waals surface area contributed by atoms with Crippen LogP contribution in [0, 0.1) is 5.92 Å². The largest absolute Gasteiger partial charge is 0.314 e. The van der Waals surface area contributed by atoms with Gasteiger partial charge in [0, 0.05) is 18.6 Å². The maximum absolute atomic E-state index is 12.3. The summed E-state index contributed by atoms with van der Waals surface area (Å²) < 4.78 is 26.3. The molecule has 5 heteroatoms. The predicted octanol–water partition coefficient (Wildman–Crippen LogP) is 1.58. The summed E-state index contributed by atoms with van der Waals surface area (Å²) in [5.74, 6) is 0.796. The Bertz CT molecular complexity index is 365. The highest BCUT2D eigenvalue weighted by molar-refractivity contribution is 7.89. The molecule has 2 rings (SSSR count). The quantitative estimate of drug-likeness (QED) is 0.748. The lowest BCUT2D eigenvalue weighted by atomic mass is 9.97. The van der Waals surface area contributed by atoms with E-state index >= 15 is 0 Å². The number of sulfonamides is 1. The summed E-state index contributed by atoms with van der Waals surface area (Å²) in [7, 11) is -3.05. The molecule has 0 spiro atoms. The van der Waals surface area contributed by atoms with E-state index in [-0.39, 0.29) is 6.04 Å². The van der Waals surface area contributed by atoms with E-state index in [1.165, 1.54) is 12.8 Å². The number of rotatable bonds is 6. The Kier molecular flexibility index (Phi) is 4.67. The van der Waals surface area contributed by atoms with Crippen LogP contribution in [0.1, 0.15) is 46.0 Å². The molecule has 0 aromatic rings. The molecule has 18 heavy (non-hydrogen) atoms. The Hall–Kier alpha value is -0.130. The van der Waals surface area contributed by atoms with Crippen LogP contribution in [0.3, 0.4) is 0 Å². The third-order valence-electron chi connectivity index (χ3n) is 4.01. The van der Waals surface area contributed by atoms with Crippen molar-refractivity contribution in [2.75, 3.05) is 18.8 Å². The molecule has 1 aliphatic carbocycles. The standard InChI is InChI=1S/C13H26N2O2S/c1-11-4-5-12(2)15(10-11)18(16,17)9-3-8-14-13-6-7-13/h11-14H,3-10H2,1-2H3. The highest BCUT2D eigenvalue weighted by Gasteiger charge is 2.31. The van der Waals surface area contributed by atoms with Crippen molar-refractivity contribution in [2.45, 2.75) is 58.0 Å². The molecule has 1 heterocycles. The van der Waals surface area contributed by atoms with E-state index in [4.69, 9.17) is 0 Å². The van der Waals surface area contributed by atoms with Crippen LogP contribution in [0.2, 0.25) is 0 Å². The van der Waals surface area contributed by atoms with Gasteiger partial charge in [-0.15, -0.1) is 0 Å². The van der Waals surface area contributed by atoms with Crippen molar-refractivity contribution >= 4 is 10.0 Å². The monoisotopic (exact) mass is 274 g/mol. The topological polar surface area (TPSA) is 49.4 Å². The summed E-state index contributed by atoms with van der Waals surface area (Å²) in [5, 5.41) is 3.37. The van der Waals surface area contributed by atoms with Gasteiger partial charge in [0.2, 0.25) is 10.0 Å². The molecular weight excluding hydrogens is 248 g/mol. The molecule has 0 amide bonds. The maximum Gasteiger partial charge on any atom is 0.214 e. The zero-order valence-electron chi connectivity index (χ0n) is 11.6. The normalized spacial score (nSPS) is 30.6. The average Bonchev–Trinajstić information content (AvgIpc) is 3.12. The van der Waals surface area contributed by atoms with Gasteiger partial charge in [-0.05, 0) is 51.5 Å². The number of hydrogen-bond donors (Lipinski definition) is 1. The zero-order valence-corrected chi connectivity index (χ0v) is 12.4. The van der Waals surface area contributed by atoms with Crippen molar-refractivity contribution in [2.24, 2.45) is 5.92 Å². The second-order valence-corrected chi connectivity index (χ2v) is 8.04. The molecule has 4 nitrogen and oxygen atoms in total. The minimum atomic E-state index is -3.05. The summed E-state index contributed by atoms with van der Waals surface area (Å²) in [4.78, 5) is 0. The molecular formula is C13H26N2O2S. The van der Waals surface area contributed by atoms with Crippen LogP contribution < -0.4 is 5.32 Å². The highest BCUT2D eigenvalue weighted by atomic mass is 32.2. The van der Waals surface area contributed by atoms with Gasteiger partial charge in [0.05, 0.1) is 5.75 Å². The molecule has 1 saturated carbocycles. The predicted molar refractivity (Wildman–Crippen MR) is 74.0 cm³/mol. The highest BCUT2D eigenvalue weighted by Crippen LogP contribution is 2.24. The fourth-order valence-corrected chi connectivity index (χ4v) is 4.48. The molecule has 0 radical (unpaired) electrons. The first kappa shape index (κ1) is 14.3. The second-order valence-electron chi connectivity index (χ2n) is 6.00. The molecule has 2 unspecified atom stereocenters. The Morgan fingerprint density at radius 3 is 2.56 bits per heavy atom. The molecule has 1 saturated heterocycles. The molecule has 0 bridgehead atoms. The first-order valence-corrected chi connectivity index (χ1v) is 8.83. The fraction of sp³-hybridized carbons (Fsp3) is 1.00. The molecule has 1 N–H and O–H groups in total. The number of hydrogen-bond acceptors (Lipinski definition) is 3. The summed E-state index contributed by atoms with van der Waals surface area (Å²) in [6.07, 6.45) is 5.40. The molecule has 1 aliphatic heterocycles. The van der Waals surface area contributed by atoms with Crippen LogP contribution in [-0.4, -0.2) is 43.6 Å². The zero-order chi connectivity index (χ0) is 13.2. The summed E-state index contributed by atoms with van der Waals surface area (Å²) >= 11 is 0. The van der Waals surface area contributed by atoms with Crippen molar-refractivity contribution < 1.29 is 8.42 Å². The first-order chi connectivity index (χ1) is 8.49. The molecule has 0 aromatic heterocycles. The van der Waals surface area contributed by atoms with Crippen molar-refractivity contribution in [1.82, 2.24) is 9.62 Å². The maximum atomic E-state index is 12.3. The molecule has 2 fully saturated rings. The SMILES string of the molecule is CC1CCC(C)N(S(=O)(=O)CCCNC2CC2)C1. The van der Waals surface area contributed by atoms with E-state index in [0.29, 0.717) is 24.3 Å². The molecule has 106 valence electrons. The lowest BCUT2D eigenvalue weighted by Gasteiger charge is -2.35. The van der Waals surface area contributed by atoms with Crippen LogP contribution in [0.5, 0.6) is 0 Å². The van der Waals surface area contributed by atoms with Gasteiger partial charge in [0.15, 0.2) is 0 Å². The minimum Gasteiger partial charge on any atom is -0.314 e. The molecule has 0 aromatic carbocycles. The average molecular weight is 274 g/mol. The van der Waals surface area contributed by atoms with Gasteiger partial charge in [-0.25, -0.2) is 8.42 Å². The van der Waals surface area contributed by atoms with E-state index in [0.717, 1.165) is 25.8 Å². The Morgan fingerprint density at radius 2 is 1.89 bits per heavy atom. The van der Waals surface area contributed by atoms with E-state index in [9.17, 15) is 8.42 Å². The van der Waals surface area contributed by atoms with Gasteiger partial charge >= 0.3 is 0 Å². The van der Waals surface area contributed by atoms with E-state index < -0.39 is 10.0 Å². The molecule has 2 aliphatic rings. The summed E-state index contributed by atoms with van der Waals surface area (Å²) in [5.41, 5.74) is 0. The Labute approximate surface area is 111 Å². The lowest BCUT2D eigenvalue weighted by molar-refractivity contribution is 0.218. The Morgan fingerprint density at radius 1 is 1.17 bits per heavy atom. The van der Waals surface area contributed by atoms with Gasteiger partial charge in [-0.1, -0.05) is 6.92 Å². The van der Waals surface area contributed by atoms with E-state index in [1.54, 1.807) is 4.31 Å². The van der Waals surface area contributed by atoms with Crippen molar-refractivity contribution in [3.8, 4) is 0 Å². The molecule has 2 atom stereocenters. The first-order valence-electron chi connectivity index (χ1n) is 7.22. The summed E-state index contributed by atoms with van der Waals surface area (Å²) in [6.45, 7) is 5.72. The van der Waals surface area contributed by atoms with Crippen molar-refractivity contribution in [3.05, 3.63) is 0 Å². The minimum absolute atomic E-state index is 0.183. The second kappa shape index (κ2) is 5.88. The van der Waals surface area contributed by atoms with Gasteiger partial charge in [0.25, 0.3) is 0 Å². The van der Waals surface area contributed by atoms with Gasteiger partial charge in [-0.3, -0.25) is 0 Å². The lowest BCUT2D eigenvalue weighted by Crippen LogP contribution is -2.46. The van der Waals surface area contributed by atoms with Gasteiger partial charge in [0.1, 0.15) is 0 Å². The summed E-state index contributed by atoms with van der Waals surface area (Å²) in [6, 6.07) is 0.851. The van der Waals surface area contributed by atoms with E-state index in [1.807, 2.05) is 6.92 Å². The fourth-order valence-electron chi connectivity index (χ4n) is 2.60. The van der Waals surface area contributed by atoms with Crippen LogP contribution in [-0.2, 0) is 10.0 Å². The third kappa shape index (κ3) is 3.93. The number of nitrogens with zero attached hydrogens (tertiary/aromatic N) is 1. The van der Waals surface area contributed by atoms with Gasteiger partial charge in [-0.2, -0.15) is 4.31 Å². The van der Waals surface area contributed by atoms with Crippen LogP contribution in [0.25, 0.3) is 0 Å². The van der Waals surface area contributed by atoms with Crippen LogP contribution >= 0.6 is 0 Å². The Balaban J connectivity index is 1.79. The van der Waals surface area contributed by atoms with Crippen LogP contribution in [0.15, 0.2) is 0 Å². The number of nitrogens with one attached hydrogen (secondary N) is 1. The van der Waals surface area contributed by atoms with Crippen LogP contribution in [0.4, 0.5) is 0 Å². The number of piperidine rings is 1.